The maximum Gasteiger partial charge on any atom is 0.265 e. The van der Waals surface area contributed by atoms with E-state index in [2.05, 4.69) is 26.8 Å². The molecule has 0 bridgehead atoms. The Morgan fingerprint density at radius 1 is 1.32 bits per heavy atom. The third kappa shape index (κ3) is 4.56. The first-order chi connectivity index (χ1) is 14.9. The molecule has 2 aromatic heterocycles. The quantitative estimate of drug-likeness (QED) is 0.562. The van der Waals surface area contributed by atoms with Gasteiger partial charge in [-0.2, -0.15) is 0 Å². The molecule has 1 aliphatic heterocycles. The lowest BCUT2D eigenvalue weighted by Crippen LogP contribution is -2.29. The highest BCUT2D eigenvalue weighted by molar-refractivity contribution is 6.31. The van der Waals surface area contributed by atoms with E-state index in [1.54, 1.807) is 17.0 Å². The van der Waals surface area contributed by atoms with Gasteiger partial charge in [-0.3, -0.25) is 4.79 Å². The molecule has 3 heterocycles. The van der Waals surface area contributed by atoms with Gasteiger partial charge in [-0.15, -0.1) is 0 Å². The van der Waals surface area contributed by atoms with Crippen molar-refractivity contribution in [3.8, 4) is 5.88 Å². The number of nitrogens with zero attached hydrogens (tertiary/aromatic N) is 4. The summed E-state index contributed by atoms with van der Waals surface area (Å²) in [6, 6.07) is 7.61. The van der Waals surface area contributed by atoms with Crippen LogP contribution in [0.15, 0.2) is 49.3 Å². The number of pyridine rings is 1. The Hall–Kier alpha value is -3.33. The van der Waals surface area contributed by atoms with Crippen LogP contribution < -0.4 is 10.1 Å². The van der Waals surface area contributed by atoms with Gasteiger partial charge in [0.25, 0.3) is 6.43 Å². The number of ether oxygens (including phenoxy) is 1. The molecular weight excluding hydrogens is 428 g/mol. The SMILES string of the molecule is C=CC(=O)N1CCC(Oc2ccc3ncnc(Nc4ccc(C(F)F)c(Cl)c4)c3n2)C1. The number of hydrogen-bond acceptors (Lipinski definition) is 6. The van der Waals surface area contributed by atoms with Crippen LogP contribution >= 0.6 is 11.6 Å². The van der Waals surface area contributed by atoms with Crippen LogP contribution in [0.2, 0.25) is 5.02 Å². The maximum atomic E-state index is 12.9. The Bertz CT molecular complexity index is 1140. The van der Waals surface area contributed by atoms with E-state index in [0.29, 0.717) is 47.9 Å². The molecule has 31 heavy (non-hydrogen) atoms. The van der Waals surface area contributed by atoms with Crippen LogP contribution in [0.3, 0.4) is 0 Å². The van der Waals surface area contributed by atoms with Crippen LogP contribution in [0.1, 0.15) is 18.4 Å². The first kappa shape index (κ1) is 20.9. The highest BCUT2D eigenvalue weighted by atomic mass is 35.5. The van der Waals surface area contributed by atoms with Crippen LogP contribution in [0.5, 0.6) is 5.88 Å². The summed E-state index contributed by atoms with van der Waals surface area (Å²) in [4.78, 5) is 26.3. The summed E-state index contributed by atoms with van der Waals surface area (Å²) in [6.07, 6.45) is 0.501. The largest absolute Gasteiger partial charge is 0.472 e. The maximum absolute atomic E-state index is 12.9. The third-order valence-corrected chi connectivity index (χ3v) is 5.20. The van der Waals surface area contributed by atoms with Crippen molar-refractivity contribution in [2.45, 2.75) is 19.0 Å². The monoisotopic (exact) mass is 445 g/mol. The van der Waals surface area contributed by atoms with E-state index >= 15 is 0 Å². The van der Waals surface area contributed by atoms with E-state index in [0.717, 1.165) is 0 Å². The molecule has 0 aliphatic carbocycles. The number of anilines is 2. The molecule has 1 unspecified atom stereocenters. The molecule has 1 aromatic carbocycles. The number of carbonyl (C=O) groups excluding carboxylic acids is 1. The smallest absolute Gasteiger partial charge is 0.265 e. The Kier molecular flexibility index (Phi) is 5.94. The van der Waals surface area contributed by atoms with Crippen LogP contribution in [0.4, 0.5) is 20.3 Å². The lowest BCUT2D eigenvalue weighted by atomic mass is 10.2. The second-order valence-corrected chi connectivity index (χ2v) is 7.33. The predicted molar refractivity (Wildman–Crippen MR) is 113 cm³/mol. The third-order valence-electron chi connectivity index (χ3n) is 4.87. The summed E-state index contributed by atoms with van der Waals surface area (Å²) in [7, 11) is 0. The van der Waals surface area contributed by atoms with Gasteiger partial charge >= 0.3 is 0 Å². The number of hydrogen-bond donors (Lipinski definition) is 1. The van der Waals surface area contributed by atoms with Crippen molar-refractivity contribution in [3.63, 3.8) is 0 Å². The van der Waals surface area contributed by atoms with E-state index in [-0.39, 0.29) is 22.6 Å². The van der Waals surface area contributed by atoms with Crippen LogP contribution in [0, 0.1) is 0 Å². The van der Waals surface area contributed by atoms with Crippen LogP contribution in [0.25, 0.3) is 11.0 Å². The molecule has 1 amide bonds. The van der Waals surface area contributed by atoms with E-state index in [1.807, 2.05) is 0 Å². The normalized spacial score (nSPS) is 16.0. The number of benzene rings is 1. The van der Waals surface area contributed by atoms with Crippen LogP contribution in [-0.4, -0.2) is 45.0 Å². The van der Waals surface area contributed by atoms with Gasteiger partial charge in [-0.25, -0.2) is 23.7 Å². The van der Waals surface area contributed by atoms with Crippen molar-refractivity contribution in [2.24, 2.45) is 0 Å². The molecule has 0 saturated carbocycles. The van der Waals surface area contributed by atoms with Gasteiger partial charge in [0, 0.05) is 30.3 Å². The number of carbonyl (C=O) groups is 1. The Balaban J connectivity index is 1.56. The summed E-state index contributed by atoms with van der Waals surface area (Å²) in [5, 5.41) is 3.00. The molecule has 3 aromatic rings. The Morgan fingerprint density at radius 2 is 2.16 bits per heavy atom. The molecule has 0 spiro atoms. The molecule has 4 rings (SSSR count). The summed E-state index contributed by atoms with van der Waals surface area (Å²) in [5.41, 5.74) is 1.27. The number of fused-ring (bicyclic) bond motifs is 1. The number of rotatable bonds is 6. The topological polar surface area (TPSA) is 80.2 Å². The van der Waals surface area contributed by atoms with Gasteiger partial charge in [0.2, 0.25) is 11.8 Å². The second-order valence-electron chi connectivity index (χ2n) is 6.92. The second kappa shape index (κ2) is 8.81. The fraction of sp³-hybridized carbons (Fsp3) is 0.238. The Labute approximate surface area is 181 Å². The zero-order valence-electron chi connectivity index (χ0n) is 16.3. The number of nitrogens with one attached hydrogen (secondary N) is 1. The highest BCUT2D eigenvalue weighted by Gasteiger charge is 2.26. The predicted octanol–water partition coefficient (Wildman–Crippen LogP) is 4.53. The van der Waals surface area contributed by atoms with Crippen molar-refractivity contribution in [3.05, 3.63) is 59.9 Å². The molecule has 1 N–H and O–H groups in total. The molecule has 10 heteroatoms. The number of amides is 1. The minimum absolute atomic E-state index is 0.0461. The molecular formula is C21H18ClF2N5O2. The summed E-state index contributed by atoms with van der Waals surface area (Å²) < 4.78 is 31.8. The fourth-order valence-corrected chi connectivity index (χ4v) is 3.59. The van der Waals surface area contributed by atoms with E-state index in [1.165, 1.54) is 30.6 Å². The standard InChI is InChI=1S/C21H18ClF2N5O2/c1-2-18(30)29-8-7-13(10-29)31-17-6-5-16-19(28-17)21(26-11-25-16)27-12-3-4-14(20(23)24)15(22)9-12/h2-6,9,11,13,20H,1,7-8,10H2,(H,25,26,27). The average Bonchev–Trinajstić information content (AvgIpc) is 3.22. The first-order valence-corrected chi connectivity index (χ1v) is 9.87. The highest BCUT2D eigenvalue weighted by Crippen LogP contribution is 2.31. The zero-order valence-corrected chi connectivity index (χ0v) is 17.0. The fourth-order valence-electron chi connectivity index (χ4n) is 3.32. The lowest BCUT2D eigenvalue weighted by Gasteiger charge is -2.15. The van der Waals surface area contributed by atoms with E-state index < -0.39 is 6.43 Å². The minimum Gasteiger partial charge on any atom is -0.472 e. The van der Waals surface area contributed by atoms with Crippen molar-refractivity contribution < 1.29 is 18.3 Å². The van der Waals surface area contributed by atoms with Crippen LogP contribution in [-0.2, 0) is 4.79 Å². The van der Waals surface area contributed by atoms with E-state index in [9.17, 15) is 13.6 Å². The van der Waals surface area contributed by atoms with Crippen molar-refractivity contribution in [1.29, 1.82) is 0 Å². The van der Waals surface area contributed by atoms with E-state index in [4.69, 9.17) is 16.3 Å². The molecule has 160 valence electrons. The molecule has 0 radical (unpaired) electrons. The molecule has 1 saturated heterocycles. The van der Waals surface area contributed by atoms with Gasteiger partial charge in [-0.05, 0) is 30.3 Å². The van der Waals surface area contributed by atoms with Gasteiger partial charge in [-0.1, -0.05) is 18.2 Å². The number of likely N-dealkylation sites (tertiary alicyclic amines) is 1. The summed E-state index contributed by atoms with van der Waals surface area (Å²) in [6.45, 7) is 4.55. The molecule has 1 atom stereocenters. The summed E-state index contributed by atoms with van der Waals surface area (Å²) >= 11 is 5.95. The van der Waals surface area contributed by atoms with Gasteiger partial charge in [0.05, 0.1) is 17.1 Å². The lowest BCUT2D eigenvalue weighted by molar-refractivity contribution is -0.125. The zero-order chi connectivity index (χ0) is 22.0. The first-order valence-electron chi connectivity index (χ1n) is 9.49. The molecule has 1 aliphatic rings. The van der Waals surface area contributed by atoms with Crippen molar-refractivity contribution in [2.75, 3.05) is 18.4 Å². The number of alkyl halides is 2. The summed E-state index contributed by atoms with van der Waals surface area (Å²) in [5.74, 6) is 0.620. The van der Waals surface area contributed by atoms with Gasteiger partial charge in [0.15, 0.2) is 5.82 Å². The molecule has 7 nitrogen and oxygen atoms in total. The number of halogens is 3. The average molecular weight is 446 g/mol. The van der Waals surface area contributed by atoms with Gasteiger partial charge in [0.1, 0.15) is 17.9 Å². The minimum atomic E-state index is -2.66. The van der Waals surface area contributed by atoms with Crippen molar-refractivity contribution in [1.82, 2.24) is 19.9 Å². The number of aromatic nitrogens is 3. The Morgan fingerprint density at radius 3 is 2.90 bits per heavy atom. The van der Waals surface area contributed by atoms with Crippen molar-refractivity contribution >= 4 is 40.0 Å². The van der Waals surface area contributed by atoms with Gasteiger partial charge < -0.3 is 15.0 Å². The molecule has 1 fully saturated rings.